The predicted octanol–water partition coefficient (Wildman–Crippen LogP) is 4.70. The van der Waals surface area contributed by atoms with E-state index in [4.69, 9.17) is 4.74 Å². The van der Waals surface area contributed by atoms with Crippen LogP contribution in [0.25, 0.3) is 0 Å². The minimum absolute atomic E-state index is 0.00765. The molecule has 0 aromatic heterocycles. The third-order valence-electron chi connectivity index (χ3n) is 2.42. The van der Waals surface area contributed by atoms with Gasteiger partial charge in [-0.1, -0.05) is 34.1 Å². The zero-order valence-corrected chi connectivity index (χ0v) is 12.8. The van der Waals surface area contributed by atoms with Crippen LogP contribution in [0.2, 0.25) is 0 Å². The number of halogens is 2. The molecule has 0 saturated carbocycles. The monoisotopic (exact) mass is 385 g/mol. The van der Waals surface area contributed by atoms with Crippen LogP contribution in [0.4, 0.5) is 5.69 Å². The summed E-state index contributed by atoms with van der Waals surface area (Å²) in [6, 6.07) is 12.4. The Morgan fingerprint density at radius 3 is 2.58 bits per heavy atom. The van der Waals surface area contributed by atoms with Crippen molar-refractivity contribution in [3.05, 3.63) is 67.1 Å². The van der Waals surface area contributed by atoms with Crippen molar-refractivity contribution in [2.45, 2.75) is 6.61 Å². The van der Waals surface area contributed by atoms with Gasteiger partial charge in [0.15, 0.2) is 0 Å². The highest BCUT2D eigenvalue weighted by Gasteiger charge is 2.15. The Hall–Kier alpha value is -1.40. The van der Waals surface area contributed by atoms with Crippen molar-refractivity contribution in [1.29, 1.82) is 0 Å². The summed E-state index contributed by atoms with van der Waals surface area (Å²) >= 11 is 6.57. The largest absolute Gasteiger partial charge is 0.487 e. The summed E-state index contributed by atoms with van der Waals surface area (Å²) in [5.74, 6) is 0.453. The lowest BCUT2D eigenvalue weighted by Crippen LogP contribution is -1.97. The van der Waals surface area contributed by atoms with E-state index in [-0.39, 0.29) is 5.69 Å². The first kappa shape index (κ1) is 14.0. The molecular weight excluding hydrogens is 378 g/mol. The Morgan fingerprint density at radius 2 is 1.89 bits per heavy atom. The van der Waals surface area contributed by atoms with E-state index in [0.717, 1.165) is 10.0 Å². The van der Waals surface area contributed by atoms with Crippen LogP contribution in [-0.2, 0) is 6.61 Å². The van der Waals surface area contributed by atoms with E-state index < -0.39 is 4.92 Å². The second-order valence-corrected chi connectivity index (χ2v) is 5.47. The molecule has 2 rings (SSSR count). The van der Waals surface area contributed by atoms with Gasteiger partial charge < -0.3 is 4.74 Å². The Bertz CT molecular complexity index is 617. The van der Waals surface area contributed by atoms with E-state index in [0.29, 0.717) is 16.8 Å². The van der Waals surface area contributed by atoms with E-state index in [1.54, 1.807) is 12.1 Å². The molecule has 0 aliphatic heterocycles. The summed E-state index contributed by atoms with van der Waals surface area (Å²) in [5.41, 5.74) is 0.972. The molecule has 0 amide bonds. The van der Waals surface area contributed by atoms with Crippen LogP contribution in [0.15, 0.2) is 51.4 Å². The topological polar surface area (TPSA) is 52.4 Å². The molecule has 0 unspecified atom stereocenters. The van der Waals surface area contributed by atoms with Crippen molar-refractivity contribution >= 4 is 37.5 Å². The second kappa shape index (κ2) is 6.16. The van der Waals surface area contributed by atoms with Crippen molar-refractivity contribution in [2.24, 2.45) is 0 Å². The van der Waals surface area contributed by atoms with Gasteiger partial charge in [0, 0.05) is 10.5 Å². The fourth-order valence-corrected chi connectivity index (χ4v) is 2.51. The molecule has 0 saturated heterocycles. The van der Waals surface area contributed by atoms with Gasteiger partial charge in [-0.3, -0.25) is 10.1 Å². The average molecular weight is 387 g/mol. The average Bonchev–Trinajstić information content (AvgIpc) is 2.37. The van der Waals surface area contributed by atoms with Crippen LogP contribution in [0.1, 0.15) is 5.56 Å². The number of nitro groups is 1. The highest BCUT2D eigenvalue weighted by atomic mass is 79.9. The highest BCUT2D eigenvalue weighted by molar-refractivity contribution is 9.11. The van der Waals surface area contributed by atoms with Gasteiger partial charge in [-0.2, -0.15) is 0 Å². The smallest absolute Gasteiger partial charge is 0.287 e. The quantitative estimate of drug-likeness (QED) is 0.565. The summed E-state index contributed by atoms with van der Waals surface area (Å²) in [5, 5.41) is 10.8. The van der Waals surface area contributed by atoms with Gasteiger partial charge in [-0.25, -0.2) is 0 Å². The van der Waals surface area contributed by atoms with E-state index in [1.807, 2.05) is 24.3 Å². The van der Waals surface area contributed by atoms with Crippen molar-refractivity contribution < 1.29 is 9.66 Å². The molecular formula is C13H9Br2NO3. The summed E-state index contributed by atoms with van der Waals surface area (Å²) in [6.45, 7) is 0.346. The molecule has 0 fully saturated rings. The SMILES string of the molecule is O=[N+]([O-])c1cccc(OCc2cccc(Br)c2)c1Br. The van der Waals surface area contributed by atoms with E-state index in [9.17, 15) is 10.1 Å². The molecule has 19 heavy (non-hydrogen) atoms. The molecule has 0 atom stereocenters. The zero-order valence-electron chi connectivity index (χ0n) is 9.68. The van der Waals surface area contributed by atoms with Crippen LogP contribution in [-0.4, -0.2) is 4.92 Å². The third-order valence-corrected chi connectivity index (χ3v) is 3.71. The molecule has 4 nitrogen and oxygen atoms in total. The Kier molecular flexibility index (Phi) is 4.55. The molecule has 0 aliphatic carbocycles. The minimum Gasteiger partial charge on any atom is -0.487 e. The van der Waals surface area contributed by atoms with Crippen LogP contribution < -0.4 is 4.74 Å². The number of rotatable bonds is 4. The third kappa shape index (κ3) is 3.54. The van der Waals surface area contributed by atoms with Crippen LogP contribution >= 0.6 is 31.9 Å². The molecule has 2 aromatic rings. The molecule has 6 heteroatoms. The van der Waals surface area contributed by atoms with Crippen LogP contribution in [0.5, 0.6) is 5.75 Å². The molecule has 0 radical (unpaired) electrons. The maximum atomic E-state index is 10.8. The highest BCUT2D eigenvalue weighted by Crippen LogP contribution is 2.34. The number of nitrogens with zero attached hydrogens (tertiary/aromatic N) is 1. The standard InChI is InChI=1S/C13H9Br2NO3/c14-10-4-1-3-9(7-10)8-19-12-6-2-5-11(13(12)15)16(17)18/h1-7H,8H2. The number of ether oxygens (including phenoxy) is 1. The zero-order chi connectivity index (χ0) is 13.8. The number of hydrogen-bond donors (Lipinski definition) is 0. The summed E-state index contributed by atoms with van der Waals surface area (Å²) in [7, 11) is 0. The van der Waals surface area contributed by atoms with Gasteiger partial charge in [0.1, 0.15) is 16.8 Å². The van der Waals surface area contributed by atoms with Gasteiger partial charge in [0.25, 0.3) is 5.69 Å². The molecule has 0 spiro atoms. The first-order valence-corrected chi connectivity index (χ1v) is 6.96. The van der Waals surface area contributed by atoms with Gasteiger partial charge in [-0.15, -0.1) is 0 Å². The number of nitro benzene ring substituents is 1. The fraction of sp³-hybridized carbons (Fsp3) is 0.0769. The molecule has 0 heterocycles. The van der Waals surface area contributed by atoms with E-state index >= 15 is 0 Å². The molecule has 0 aliphatic rings. The van der Waals surface area contributed by atoms with E-state index in [1.165, 1.54) is 6.07 Å². The van der Waals surface area contributed by atoms with Crippen molar-refractivity contribution in [3.63, 3.8) is 0 Å². The lowest BCUT2D eigenvalue weighted by Gasteiger charge is -2.08. The van der Waals surface area contributed by atoms with E-state index in [2.05, 4.69) is 31.9 Å². The van der Waals surface area contributed by atoms with Crippen LogP contribution in [0, 0.1) is 10.1 Å². The molecule has 2 aromatic carbocycles. The maximum absolute atomic E-state index is 10.8. The van der Waals surface area contributed by atoms with Gasteiger partial charge in [0.2, 0.25) is 0 Å². The lowest BCUT2D eigenvalue weighted by atomic mass is 10.2. The normalized spacial score (nSPS) is 10.2. The van der Waals surface area contributed by atoms with Gasteiger partial charge in [0.05, 0.1) is 4.92 Å². The predicted molar refractivity (Wildman–Crippen MR) is 79.3 cm³/mol. The van der Waals surface area contributed by atoms with Gasteiger partial charge >= 0.3 is 0 Å². The Balaban J connectivity index is 2.16. The fourth-order valence-electron chi connectivity index (χ4n) is 1.54. The first-order chi connectivity index (χ1) is 9.08. The Morgan fingerprint density at radius 1 is 1.16 bits per heavy atom. The molecule has 0 N–H and O–H groups in total. The summed E-state index contributed by atoms with van der Waals surface area (Å²) in [4.78, 5) is 10.4. The summed E-state index contributed by atoms with van der Waals surface area (Å²) in [6.07, 6.45) is 0. The second-order valence-electron chi connectivity index (χ2n) is 3.76. The number of hydrogen-bond acceptors (Lipinski definition) is 3. The van der Waals surface area contributed by atoms with Gasteiger partial charge in [-0.05, 0) is 39.7 Å². The van der Waals surface area contributed by atoms with Crippen LogP contribution in [0.3, 0.4) is 0 Å². The van der Waals surface area contributed by atoms with Crippen molar-refractivity contribution in [3.8, 4) is 5.75 Å². The first-order valence-electron chi connectivity index (χ1n) is 5.38. The Labute approximate surface area is 126 Å². The lowest BCUT2D eigenvalue weighted by molar-refractivity contribution is -0.385. The van der Waals surface area contributed by atoms with Crippen molar-refractivity contribution in [2.75, 3.05) is 0 Å². The minimum atomic E-state index is -0.448. The number of benzene rings is 2. The summed E-state index contributed by atoms with van der Waals surface area (Å²) < 4.78 is 6.92. The maximum Gasteiger partial charge on any atom is 0.287 e. The molecule has 98 valence electrons. The van der Waals surface area contributed by atoms with Crippen molar-refractivity contribution in [1.82, 2.24) is 0 Å². The molecule has 0 bridgehead atoms.